The molecule has 0 amide bonds. The number of hydrogen-bond donors (Lipinski definition) is 0. The van der Waals surface area contributed by atoms with Crippen LogP contribution in [0.4, 0.5) is 0 Å². The molecule has 3 heterocycles. The molecule has 0 spiro atoms. The van der Waals surface area contributed by atoms with Crippen LogP contribution in [0.2, 0.25) is 0 Å². The first-order chi connectivity index (χ1) is 9.63. The van der Waals surface area contributed by atoms with Crippen LogP contribution in [0.5, 0.6) is 0 Å². The SMILES string of the molecule is CC1CCCN(C2CN(C3CCN(C(C)C)CC3)C2)C1. The standard InChI is InChI=1S/C17H33N3/c1-14(2)18-9-6-16(7-10-18)20-12-17(13-20)19-8-4-5-15(3)11-19/h14-17H,4-13H2,1-3H3. The fourth-order valence-electron chi connectivity index (χ4n) is 4.34. The zero-order chi connectivity index (χ0) is 14.1. The summed E-state index contributed by atoms with van der Waals surface area (Å²) in [6, 6.07) is 2.49. The van der Waals surface area contributed by atoms with Gasteiger partial charge >= 0.3 is 0 Å². The molecule has 0 N–H and O–H groups in total. The van der Waals surface area contributed by atoms with Crippen LogP contribution in [0.15, 0.2) is 0 Å². The van der Waals surface area contributed by atoms with E-state index in [1.165, 1.54) is 65.0 Å². The molecular formula is C17H33N3. The Morgan fingerprint density at radius 1 is 0.800 bits per heavy atom. The minimum absolute atomic E-state index is 0.731. The van der Waals surface area contributed by atoms with Crippen molar-refractivity contribution in [2.45, 2.75) is 64.6 Å². The fourth-order valence-corrected chi connectivity index (χ4v) is 4.34. The van der Waals surface area contributed by atoms with Crippen LogP contribution in [0.3, 0.4) is 0 Å². The van der Waals surface area contributed by atoms with Crippen LogP contribution in [-0.2, 0) is 0 Å². The summed E-state index contributed by atoms with van der Waals surface area (Å²) in [7, 11) is 0. The van der Waals surface area contributed by atoms with E-state index in [4.69, 9.17) is 0 Å². The summed E-state index contributed by atoms with van der Waals surface area (Å²) in [6.45, 7) is 15.1. The van der Waals surface area contributed by atoms with Crippen LogP contribution in [-0.4, -0.2) is 72.1 Å². The molecule has 0 bridgehead atoms. The van der Waals surface area contributed by atoms with Crippen LogP contribution in [0.25, 0.3) is 0 Å². The Morgan fingerprint density at radius 3 is 2.10 bits per heavy atom. The Kier molecular flexibility index (Phi) is 4.68. The Bertz CT molecular complexity index is 303. The average molecular weight is 279 g/mol. The highest BCUT2D eigenvalue weighted by Crippen LogP contribution is 2.27. The second-order valence-corrected chi connectivity index (χ2v) is 7.71. The molecule has 1 atom stereocenters. The average Bonchev–Trinajstić information content (AvgIpc) is 2.38. The lowest BCUT2D eigenvalue weighted by atomic mass is 9.93. The second kappa shape index (κ2) is 6.33. The van der Waals surface area contributed by atoms with Gasteiger partial charge in [0.15, 0.2) is 0 Å². The summed E-state index contributed by atoms with van der Waals surface area (Å²) >= 11 is 0. The third-order valence-corrected chi connectivity index (χ3v) is 5.84. The lowest BCUT2D eigenvalue weighted by Gasteiger charge is -2.52. The van der Waals surface area contributed by atoms with Crippen LogP contribution in [0, 0.1) is 5.92 Å². The van der Waals surface area contributed by atoms with Crippen LogP contribution < -0.4 is 0 Å². The summed E-state index contributed by atoms with van der Waals surface area (Å²) < 4.78 is 0. The van der Waals surface area contributed by atoms with Crippen molar-refractivity contribution in [1.82, 2.24) is 14.7 Å². The van der Waals surface area contributed by atoms with E-state index in [-0.39, 0.29) is 0 Å². The third-order valence-electron chi connectivity index (χ3n) is 5.84. The van der Waals surface area contributed by atoms with Gasteiger partial charge in [0.2, 0.25) is 0 Å². The number of piperidine rings is 2. The molecule has 0 aromatic carbocycles. The highest BCUT2D eigenvalue weighted by Gasteiger charge is 2.38. The van der Waals surface area contributed by atoms with Crippen molar-refractivity contribution in [3.63, 3.8) is 0 Å². The highest BCUT2D eigenvalue weighted by atomic mass is 15.3. The summed E-state index contributed by atoms with van der Waals surface area (Å²) in [5, 5.41) is 0. The van der Waals surface area contributed by atoms with Gasteiger partial charge in [0.25, 0.3) is 0 Å². The molecule has 0 aliphatic carbocycles. The minimum atomic E-state index is 0.731. The Labute approximate surface area is 125 Å². The monoisotopic (exact) mass is 279 g/mol. The normalized spacial score (nSPS) is 32.7. The Hall–Kier alpha value is -0.120. The van der Waals surface area contributed by atoms with Gasteiger partial charge in [-0.1, -0.05) is 6.92 Å². The number of hydrogen-bond acceptors (Lipinski definition) is 3. The zero-order valence-electron chi connectivity index (χ0n) is 13.7. The van der Waals surface area contributed by atoms with Gasteiger partial charge in [0, 0.05) is 37.8 Å². The van der Waals surface area contributed by atoms with Crippen molar-refractivity contribution in [3.8, 4) is 0 Å². The lowest BCUT2D eigenvalue weighted by molar-refractivity contribution is -0.0292. The van der Waals surface area contributed by atoms with Crippen molar-refractivity contribution >= 4 is 0 Å². The topological polar surface area (TPSA) is 9.72 Å². The van der Waals surface area contributed by atoms with Crippen molar-refractivity contribution in [1.29, 1.82) is 0 Å². The molecule has 3 aliphatic heterocycles. The summed E-state index contributed by atoms with van der Waals surface area (Å²) in [5.74, 6) is 0.923. The van der Waals surface area contributed by atoms with Gasteiger partial charge in [0.1, 0.15) is 0 Å². The fraction of sp³-hybridized carbons (Fsp3) is 1.00. The van der Waals surface area contributed by atoms with Crippen molar-refractivity contribution in [3.05, 3.63) is 0 Å². The molecule has 3 heteroatoms. The third kappa shape index (κ3) is 3.20. The van der Waals surface area contributed by atoms with Crippen LogP contribution >= 0.6 is 0 Å². The van der Waals surface area contributed by atoms with Gasteiger partial charge < -0.3 is 4.90 Å². The molecular weight excluding hydrogens is 246 g/mol. The van der Waals surface area contributed by atoms with Gasteiger partial charge in [0.05, 0.1) is 0 Å². The van der Waals surface area contributed by atoms with E-state index in [0.29, 0.717) is 0 Å². The summed E-state index contributed by atoms with van der Waals surface area (Å²) in [6.07, 6.45) is 5.65. The van der Waals surface area contributed by atoms with Gasteiger partial charge in [-0.15, -0.1) is 0 Å². The number of likely N-dealkylation sites (tertiary alicyclic amines) is 3. The Morgan fingerprint density at radius 2 is 1.50 bits per heavy atom. The van der Waals surface area contributed by atoms with Crippen molar-refractivity contribution in [2.75, 3.05) is 39.3 Å². The maximum atomic E-state index is 2.77. The van der Waals surface area contributed by atoms with E-state index >= 15 is 0 Å². The van der Waals surface area contributed by atoms with Gasteiger partial charge in [-0.3, -0.25) is 9.80 Å². The molecule has 0 radical (unpaired) electrons. The summed E-state index contributed by atoms with van der Waals surface area (Å²) in [5.41, 5.74) is 0. The van der Waals surface area contributed by atoms with E-state index in [9.17, 15) is 0 Å². The van der Waals surface area contributed by atoms with Crippen molar-refractivity contribution in [2.24, 2.45) is 5.92 Å². The first-order valence-electron chi connectivity index (χ1n) is 8.85. The van der Waals surface area contributed by atoms with Gasteiger partial charge in [-0.2, -0.15) is 0 Å². The number of rotatable bonds is 3. The quantitative estimate of drug-likeness (QED) is 0.785. The smallest absolute Gasteiger partial charge is 0.0350 e. The van der Waals surface area contributed by atoms with E-state index < -0.39 is 0 Å². The highest BCUT2D eigenvalue weighted by molar-refractivity contribution is 4.94. The molecule has 0 saturated carbocycles. The second-order valence-electron chi connectivity index (χ2n) is 7.71. The maximum absolute atomic E-state index is 2.77. The van der Waals surface area contributed by atoms with E-state index in [1.807, 2.05) is 0 Å². The van der Waals surface area contributed by atoms with Crippen LogP contribution in [0.1, 0.15) is 46.5 Å². The minimum Gasteiger partial charge on any atom is -0.301 e. The largest absolute Gasteiger partial charge is 0.301 e. The van der Waals surface area contributed by atoms with E-state index in [1.54, 1.807) is 0 Å². The molecule has 3 fully saturated rings. The molecule has 3 saturated heterocycles. The molecule has 116 valence electrons. The molecule has 0 aromatic rings. The van der Waals surface area contributed by atoms with E-state index in [2.05, 4.69) is 35.5 Å². The van der Waals surface area contributed by atoms with Gasteiger partial charge in [-0.05, 0) is 65.1 Å². The zero-order valence-corrected chi connectivity index (χ0v) is 13.7. The van der Waals surface area contributed by atoms with Crippen molar-refractivity contribution < 1.29 is 0 Å². The summed E-state index contributed by atoms with van der Waals surface area (Å²) in [4.78, 5) is 8.18. The molecule has 1 unspecified atom stereocenters. The first-order valence-corrected chi connectivity index (χ1v) is 8.85. The predicted molar refractivity (Wildman–Crippen MR) is 85.1 cm³/mol. The predicted octanol–water partition coefficient (Wildman–Crippen LogP) is 2.28. The molecule has 0 aromatic heterocycles. The van der Waals surface area contributed by atoms with Gasteiger partial charge in [-0.25, -0.2) is 0 Å². The first kappa shape index (κ1) is 14.8. The molecule has 3 nitrogen and oxygen atoms in total. The molecule has 3 rings (SSSR count). The molecule has 20 heavy (non-hydrogen) atoms. The lowest BCUT2D eigenvalue weighted by Crippen LogP contribution is -2.64. The van der Waals surface area contributed by atoms with E-state index in [0.717, 1.165) is 24.0 Å². The maximum Gasteiger partial charge on any atom is 0.0350 e. The number of nitrogens with zero attached hydrogens (tertiary/aromatic N) is 3. The Balaban J connectivity index is 1.40. The molecule has 3 aliphatic rings.